The van der Waals surface area contributed by atoms with Crippen molar-refractivity contribution in [3.63, 3.8) is 0 Å². The fraction of sp³-hybridized carbons (Fsp3) is 0.167. The van der Waals surface area contributed by atoms with Gasteiger partial charge in [0, 0.05) is 23.3 Å². The maximum absolute atomic E-state index is 12.1. The van der Waals surface area contributed by atoms with Crippen LogP contribution in [0.5, 0.6) is 0 Å². The van der Waals surface area contributed by atoms with E-state index >= 15 is 0 Å². The third kappa shape index (κ3) is 2.82. The molecule has 0 aliphatic carbocycles. The van der Waals surface area contributed by atoms with Gasteiger partial charge < -0.3 is 10.3 Å². The molecule has 0 saturated carbocycles. The number of aromatic nitrogens is 1. The summed E-state index contributed by atoms with van der Waals surface area (Å²) in [4.78, 5) is 15.0. The zero-order valence-electron chi connectivity index (χ0n) is 12.2. The quantitative estimate of drug-likeness (QED) is 0.766. The van der Waals surface area contributed by atoms with Gasteiger partial charge in [0.05, 0.1) is 0 Å². The fourth-order valence-corrected chi connectivity index (χ4v) is 2.37. The highest BCUT2D eigenvalue weighted by Gasteiger charge is 2.03. The van der Waals surface area contributed by atoms with Gasteiger partial charge in [-0.1, -0.05) is 24.3 Å². The van der Waals surface area contributed by atoms with E-state index in [1.54, 1.807) is 0 Å². The summed E-state index contributed by atoms with van der Waals surface area (Å²) in [6.07, 6.45) is 0. The van der Waals surface area contributed by atoms with Crippen LogP contribution in [0.25, 0.3) is 10.9 Å². The summed E-state index contributed by atoms with van der Waals surface area (Å²) in [5.41, 5.74) is 5.12. The van der Waals surface area contributed by atoms with E-state index in [0.717, 1.165) is 22.2 Å². The van der Waals surface area contributed by atoms with Gasteiger partial charge in [-0.15, -0.1) is 0 Å². The molecule has 2 N–H and O–H groups in total. The van der Waals surface area contributed by atoms with E-state index in [9.17, 15) is 4.79 Å². The lowest BCUT2D eigenvalue weighted by molar-refractivity contribution is 1.09. The van der Waals surface area contributed by atoms with E-state index in [-0.39, 0.29) is 5.56 Å². The largest absolute Gasteiger partial charge is 0.381 e. The summed E-state index contributed by atoms with van der Waals surface area (Å²) in [5, 5.41) is 4.36. The molecule has 2 aromatic carbocycles. The van der Waals surface area contributed by atoms with Gasteiger partial charge in [0.2, 0.25) is 0 Å². The van der Waals surface area contributed by atoms with Crippen LogP contribution in [0.15, 0.2) is 53.3 Å². The van der Waals surface area contributed by atoms with Crippen molar-refractivity contribution in [2.75, 3.05) is 5.32 Å². The summed E-state index contributed by atoms with van der Waals surface area (Å²) in [6.45, 7) is 4.69. The average Bonchev–Trinajstić information content (AvgIpc) is 2.48. The molecule has 0 fully saturated rings. The Bertz CT molecular complexity index is 849. The molecule has 0 aliphatic rings. The number of pyridine rings is 1. The van der Waals surface area contributed by atoms with Crippen molar-refractivity contribution >= 4 is 16.6 Å². The number of hydrogen-bond acceptors (Lipinski definition) is 2. The number of nitrogens with one attached hydrogen (secondary N) is 2. The molecule has 3 aromatic rings. The number of anilines is 1. The lowest BCUT2D eigenvalue weighted by Crippen LogP contribution is -2.15. The molecule has 0 amide bonds. The van der Waals surface area contributed by atoms with Gasteiger partial charge in [0.25, 0.3) is 5.56 Å². The van der Waals surface area contributed by atoms with E-state index in [4.69, 9.17) is 0 Å². The van der Waals surface area contributed by atoms with Crippen LogP contribution in [0.3, 0.4) is 0 Å². The van der Waals surface area contributed by atoms with Crippen LogP contribution in [0.2, 0.25) is 0 Å². The molecule has 1 heterocycles. The van der Waals surface area contributed by atoms with Crippen LogP contribution < -0.4 is 10.9 Å². The Kier molecular flexibility index (Phi) is 3.48. The number of H-pyrrole nitrogens is 1. The topological polar surface area (TPSA) is 44.9 Å². The first-order chi connectivity index (χ1) is 10.1. The molecule has 3 nitrogen and oxygen atoms in total. The highest BCUT2D eigenvalue weighted by molar-refractivity contribution is 5.78. The molecule has 0 bridgehead atoms. The van der Waals surface area contributed by atoms with E-state index in [2.05, 4.69) is 36.3 Å². The van der Waals surface area contributed by atoms with Gasteiger partial charge >= 0.3 is 0 Å². The molecule has 1 aromatic heterocycles. The average molecular weight is 278 g/mol. The predicted molar refractivity (Wildman–Crippen MR) is 87.8 cm³/mol. The monoisotopic (exact) mass is 278 g/mol. The standard InChI is InChI=1S/C18H18N2O/c1-12-7-8-16(9-13(12)2)19-11-15-10-14-5-3-4-6-17(14)20-18(15)21/h3-10,19H,11H2,1-2H3,(H,20,21). The summed E-state index contributed by atoms with van der Waals surface area (Å²) in [6, 6.07) is 16.0. The second-order valence-corrected chi connectivity index (χ2v) is 5.36. The fourth-order valence-electron chi connectivity index (χ4n) is 2.37. The van der Waals surface area contributed by atoms with E-state index in [1.165, 1.54) is 11.1 Å². The number of benzene rings is 2. The number of rotatable bonds is 3. The van der Waals surface area contributed by atoms with Gasteiger partial charge in [-0.3, -0.25) is 4.79 Å². The summed E-state index contributed by atoms with van der Waals surface area (Å²) >= 11 is 0. The second kappa shape index (κ2) is 5.44. The summed E-state index contributed by atoms with van der Waals surface area (Å²) < 4.78 is 0. The van der Waals surface area contributed by atoms with Gasteiger partial charge in [-0.2, -0.15) is 0 Å². The third-order valence-corrected chi connectivity index (χ3v) is 3.82. The van der Waals surface area contributed by atoms with Crippen LogP contribution in [0, 0.1) is 13.8 Å². The minimum absolute atomic E-state index is 0.0370. The third-order valence-electron chi connectivity index (χ3n) is 3.82. The normalized spacial score (nSPS) is 10.8. The molecule has 0 radical (unpaired) electrons. The lowest BCUT2D eigenvalue weighted by atomic mass is 10.1. The first-order valence-corrected chi connectivity index (χ1v) is 7.05. The molecule has 0 unspecified atom stereocenters. The molecule has 0 spiro atoms. The predicted octanol–water partition coefficient (Wildman–Crippen LogP) is 3.76. The highest BCUT2D eigenvalue weighted by atomic mass is 16.1. The zero-order chi connectivity index (χ0) is 14.8. The van der Waals surface area contributed by atoms with Crippen molar-refractivity contribution in [3.05, 3.63) is 75.6 Å². The van der Waals surface area contributed by atoms with Crippen molar-refractivity contribution in [1.29, 1.82) is 0 Å². The Morgan fingerprint density at radius 2 is 1.81 bits per heavy atom. The van der Waals surface area contributed by atoms with Crippen LogP contribution in [-0.2, 0) is 6.54 Å². The molecular weight excluding hydrogens is 260 g/mol. The van der Waals surface area contributed by atoms with Gasteiger partial charge in [-0.25, -0.2) is 0 Å². The minimum atomic E-state index is -0.0370. The summed E-state index contributed by atoms with van der Waals surface area (Å²) in [5.74, 6) is 0. The number of fused-ring (bicyclic) bond motifs is 1. The van der Waals surface area contributed by atoms with Gasteiger partial charge in [-0.05, 0) is 54.6 Å². The van der Waals surface area contributed by atoms with Gasteiger partial charge in [0.1, 0.15) is 0 Å². The molecule has 3 heteroatoms. The number of para-hydroxylation sites is 1. The minimum Gasteiger partial charge on any atom is -0.381 e. The SMILES string of the molecule is Cc1ccc(NCc2cc3ccccc3[nH]c2=O)cc1C. The van der Waals surface area contributed by atoms with E-state index < -0.39 is 0 Å². The Labute approximate surface area is 123 Å². The van der Waals surface area contributed by atoms with E-state index in [1.807, 2.05) is 36.4 Å². The Balaban J connectivity index is 1.86. The van der Waals surface area contributed by atoms with Crippen molar-refractivity contribution < 1.29 is 0 Å². The first kappa shape index (κ1) is 13.4. The number of aromatic amines is 1. The van der Waals surface area contributed by atoms with Gasteiger partial charge in [0.15, 0.2) is 0 Å². The lowest BCUT2D eigenvalue weighted by Gasteiger charge is -2.09. The van der Waals surface area contributed by atoms with E-state index in [0.29, 0.717) is 6.54 Å². The Morgan fingerprint density at radius 1 is 1.00 bits per heavy atom. The highest BCUT2D eigenvalue weighted by Crippen LogP contribution is 2.15. The number of hydrogen-bond donors (Lipinski definition) is 2. The molecule has 21 heavy (non-hydrogen) atoms. The number of aryl methyl sites for hydroxylation is 2. The molecule has 3 rings (SSSR count). The van der Waals surface area contributed by atoms with Crippen molar-refractivity contribution in [3.8, 4) is 0 Å². The van der Waals surface area contributed by atoms with Crippen molar-refractivity contribution in [1.82, 2.24) is 4.98 Å². The Morgan fingerprint density at radius 3 is 2.62 bits per heavy atom. The molecule has 0 saturated heterocycles. The second-order valence-electron chi connectivity index (χ2n) is 5.36. The molecule has 0 aliphatic heterocycles. The molecule has 0 atom stereocenters. The van der Waals surface area contributed by atoms with Crippen LogP contribution in [0.4, 0.5) is 5.69 Å². The zero-order valence-corrected chi connectivity index (χ0v) is 12.2. The maximum Gasteiger partial charge on any atom is 0.253 e. The van der Waals surface area contributed by atoms with Crippen molar-refractivity contribution in [2.24, 2.45) is 0 Å². The molecule has 106 valence electrons. The summed E-state index contributed by atoms with van der Waals surface area (Å²) in [7, 11) is 0. The first-order valence-electron chi connectivity index (χ1n) is 7.05. The van der Waals surface area contributed by atoms with Crippen LogP contribution >= 0.6 is 0 Å². The van der Waals surface area contributed by atoms with Crippen LogP contribution in [-0.4, -0.2) is 4.98 Å². The smallest absolute Gasteiger partial charge is 0.253 e. The van der Waals surface area contributed by atoms with Crippen LogP contribution in [0.1, 0.15) is 16.7 Å². The Hall–Kier alpha value is -2.55. The van der Waals surface area contributed by atoms with Crippen molar-refractivity contribution in [2.45, 2.75) is 20.4 Å². The maximum atomic E-state index is 12.1. The molecular formula is C18H18N2O.